The normalized spacial score (nSPS) is 29.5. The minimum absolute atomic E-state index is 0.146. The smallest absolute Gasteiger partial charge is 0.307 e. The molecular formula is C7H12O3S. The van der Waals surface area contributed by atoms with Crippen LogP contribution < -0.4 is 0 Å². The number of carbonyl (C=O) groups is 1. The zero-order valence-corrected chi connectivity index (χ0v) is 7.01. The standard InChI is InChI=1S/C7H12O3S/c8-3-4-11-6-2-1-5(6)7(9)10/h5-6,8H,1-4H2,(H,9,10). The molecule has 1 aliphatic carbocycles. The van der Waals surface area contributed by atoms with Gasteiger partial charge in [-0.1, -0.05) is 0 Å². The monoisotopic (exact) mass is 176 g/mol. The van der Waals surface area contributed by atoms with Crippen molar-refractivity contribution in [2.45, 2.75) is 18.1 Å². The van der Waals surface area contributed by atoms with Crippen molar-refractivity contribution in [1.82, 2.24) is 0 Å². The first-order valence-electron chi connectivity index (χ1n) is 3.71. The van der Waals surface area contributed by atoms with E-state index >= 15 is 0 Å². The zero-order chi connectivity index (χ0) is 8.27. The molecule has 3 nitrogen and oxygen atoms in total. The summed E-state index contributed by atoms with van der Waals surface area (Å²) < 4.78 is 0. The van der Waals surface area contributed by atoms with E-state index in [2.05, 4.69) is 0 Å². The second-order valence-electron chi connectivity index (χ2n) is 2.65. The fourth-order valence-electron chi connectivity index (χ4n) is 1.16. The molecule has 64 valence electrons. The first-order valence-corrected chi connectivity index (χ1v) is 4.76. The van der Waals surface area contributed by atoms with Crippen LogP contribution in [0.5, 0.6) is 0 Å². The number of carboxylic acids is 1. The van der Waals surface area contributed by atoms with E-state index in [9.17, 15) is 4.79 Å². The van der Waals surface area contributed by atoms with Crippen molar-refractivity contribution in [2.75, 3.05) is 12.4 Å². The minimum Gasteiger partial charge on any atom is -0.481 e. The summed E-state index contributed by atoms with van der Waals surface area (Å²) in [5.41, 5.74) is 0. The molecule has 2 N–H and O–H groups in total. The Hall–Kier alpha value is -0.220. The molecule has 0 aromatic carbocycles. The number of hydrogen-bond acceptors (Lipinski definition) is 3. The number of aliphatic hydroxyl groups excluding tert-OH is 1. The maximum Gasteiger partial charge on any atom is 0.307 e. The molecular weight excluding hydrogens is 164 g/mol. The second-order valence-corrected chi connectivity index (χ2v) is 4.00. The Morgan fingerprint density at radius 2 is 2.27 bits per heavy atom. The third kappa shape index (κ3) is 2.10. The van der Waals surface area contributed by atoms with Gasteiger partial charge in [-0.05, 0) is 12.8 Å². The van der Waals surface area contributed by atoms with E-state index < -0.39 is 5.97 Å². The summed E-state index contributed by atoms with van der Waals surface area (Å²) in [4.78, 5) is 10.5. The molecule has 0 aromatic heterocycles. The van der Waals surface area contributed by atoms with Crippen LogP contribution in [0.1, 0.15) is 12.8 Å². The highest BCUT2D eigenvalue weighted by molar-refractivity contribution is 8.00. The van der Waals surface area contributed by atoms with Gasteiger partial charge >= 0.3 is 5.97 Å². The molecule has 0 spiro atoms. The van der Waals surface area contributed by atoms with E-state index in [1.54, 1.807) is 11.8 Å². The van der Waals surface area contributed by atoms with Crippen molar-refractivity contribution < 1.29 is 15.0 Å². The van der Waals surface area contributed by atoms with Gasteiger partial charge in [0.15, 0.2) is 0 Å². The fraction of sp³-hybridized carbons (Fsp3) is 0.857. The lowest BCUT2D eigenvalue weighted by atomic mass is 9.85. The molecule has 0 aromatic rings. The van der Waals surface area contributed by atoms with Gasteiger partial charge in [0.05, 0.1) is 12.5 Å². The molecule has 0 bridgehead atoms. The number of hydrogen-bond donors (Lipinski definition) is 2. The maximum absolute atomic E-state index is 10.5. The van der Waals surface area contributed by atoms with Crippen LogP contribution in [0, 0.1) is 5.92 Å². The largest absolute Gasteiger partial charge is 0.481 e. The quantitative estimate of drug-likeness (QED) is 0.657. The molecule has 2 unspecified atom stereocenters. The molecule has 1 saturated carbocycles. The van der Waals surface area contributed by atoms with Crippen LogP contribution in [0.4, 0.5) is 0 Å². The van der Waals surface area contributed by atoms with E-state index in [4.69, 9.17) is 10.2 Å². The summed E-state index contributed by atoms with van der Waals surface area (Å²) in [6.45, 7) is 0.146. The number of thioether (sulfide) groups is 1. The van der Waals surface area contributed by atoms with Gasteiger partial charge in [-0.3, -0.25) is 4.79 Å². The predicted octanol–water partition coefficient (Wildman–Crippen LogP) is 0.575. The van der Waals surface area contributed by atoms with Gasteiger partial charge in [-0.15, -0.1) is 0 Å². The van der Waals surface area contributed by atoms with Gasteiger partial charge in [-0.25, -0.2) is 0 Å². The Bertz CT molecular complexity index is 149. The van der Waals surface area contributed by atoms with Gasteiger partial charge in [0, 0.05) is 11.0 Å². The molecule has 0 aliphatic heterocycles. The van der Waals surface area contributed by atoms with E-state index in [1.807, 2.05) is 0 Å². The molecule has 0 amide bonds. The molecule has 4 heteroatoms. The Balaban J connectivity index is 2.20. The Morgan fingerprint density at radius 1 is 1.55 bits per heavy atom. The Kier molecular flexibility index (Phi) is 3.20. The summed E-state index contributed by atoms with van der Waals surface area (Å²) in [5, 5.41) is 17.4. The third-order valence-corrected chi connectivity index (χ3v) is 3.36. The Labute approximate surface area is 69.8 Å². The summed E-state index contributed by atoms with van der Waals surface area (Å²) in [6.07, 6.45) is 1.79. The first kappa shape index (κ1) is 8.87. The highest BCUT2D eigenvalue weighted by Gasteiger charge is 2.36. The van der Waals surface area contributed by atoms with Crippen molar-refractivity contribution in [3.05, 3.63) is 0 Å². The van der Waals surface area contributed by atoms with Gasteiger partial charge in [0.1, 0.15) is 0 Å². The molecule has 1 rings (SSSR count). The molecule has 1 aliphatic rings. The SMILES string of the molecule is O=C(O)C1CCC1SCCO. The average molecular weight is 176 g/mol. The highest BCUT2D eigenvalue weighted by Crippen LogP contribution is 2.37. The van der Waals surface area contributed by atoms with Crippen LogP contribution in [-0.4, -0.2) is 33.8 Å². The molecule has 11 heavy (non-hydrogen) atoms. The van der Waals surface area contributed by atoms with E-state index in [-0.39, 0.29) is 17.8 Å². The molecule has 2 atom stereocenters. The van der Waals surface area contributed by atoms with Gasteiger partial charge in [0.25, 0.3) is 0 Å². The van der Waals surface area contributed by atoms with E-state index in [0.29, 0.717) is 5.75 Å². The average Bonchev–Trinajstić information content (AvgIpc) is 1.84. The van der Waals surface area contributed by atoms with Crippen LogP contribution in [0.3, 0.4) is 0 Å². The number of aliphatic carboxylic acids is 1. The first-order chi connectivity index (χ1) is 5.25. The molecule has 0 radical (unpaired) electrons. The molecule has 1 fully saturated rings. The van der Waals surface area contributed by atoms with Crippen molar-refractivity contribution in [3.8, 4) is 0 Å². The minimum atomic E-state index is -0.688. The van der Waals surface area contributed by atoms with Crippen LogP contribution in [0.2, 0.25) is 0 Å². The number of rotatable bonds is 4. The topological polar surface area (TPSA) is 57.5 Å². The molecule has 0 heterocycles. The van der Waals surface area contributed by atoms with Gasteiger partial charge in [0.2, 0.25) is 0 Å². The van der Waals surface area contributed by atoms with Crippen molar-refractivity contribution in [3.63, 3.8) is 0 Å². The lowest BCUT2D eigenvalue weighted by Gasteiger charge is -2.32. The van der Waals surface area contributed by atoms with Crippen LogP contribution >= 0.6 is 11.8 Å². The zero-order valence-electron chi connectivity index (χ0n) is 6.19. The summed E-state index contributed by atoms with van der Waals surface area (Å²) in [7, 11) is 0. The number of carboxylic acid groups (broad SMARTS) is 1. The summed E-state index contributed by atoms with van der Waals surface area (Å²) in [6, 6.07) is 0. The fourth-order valence-corrected chi connectivity index (χ4v) is 2.35. The van der Waals surface area contributed by atoms with Crippen LogP contribution in [0.25, 0.3) is 0 Å². The Morgan fingerprint density at radius 3 is 2.64 bits per heavy atom. The van der Waals surface area contributed by atoms with Gasteiger partial charge in [-0.2, -0.15) is 11.8 Å². The van der Waals surface area contributed by atoms with Crippen LogP contribution in [-0.2, 0) is 4.79 Å². The lowest BCUT2D eigenvalue weighted by molar-refractivity contribution is -0.144. The summed E-state index contributed by atoms with van der Waals surface area (Å²) in [5.74, 6) is -0.188. The van der Waals surface area contributed by atoms with E-state index in [0.717, 1.165) is 12.8 Å². The second kappa shape index (κ2) is 3.97. The molecule has 0 saturated heterocycles. The van der Waals surface area contributed by atoms with E-state index in [1.165, 1.54) is 0 Å². The maximum atomic E-state index is 10.5. The highest BCUT2D eigenvalue weighted by atomic mass is 32.2. The number of aliphatic hydroxyl groups is 1. The lowest BCUT2D eigenvalue weighted by Crippen LogP contribution is -2.35. The van der Waals surface area contributed by atoms with Gasteiger partial charge < -0.3 is 10.2 Å². The van der Waals surface area contributed by atoms with Crippen LogP contribution in [0.15, 0.2) is 0 Å². The third-order valence-electron chi connectivity index (χ3n) is 1.95. The summed E-state index contributed by atoms with van der Waals surface area (Å²) >= 11 is 1.57. The predicted molar refractivity (Wildman–Crippen MR) is 43.7 cm³/mol. The van der Waals surface area contributed by atoms with Crippen molar-refractivity contribution >= 4 is 17.7 Å². The van der Waals surface area contributed by atoms with Crippen molar-refractivity contribution in [2.24, 2.45) is 5.92 Å². The van der Waals surface area contributed by atoms with Crippen molar-refractivity contribution in [1.29, 1.82) is 0 Å².